The number of fused-ring (bicyclic) bond motifs is 1. The lowest BCUT2D eigenvalue weighted by Gasteiger charge is -2.31. The first-order chi connectivity index (χ1) is 16.9. The van der Waals surface area contributed by atoms with E-state index in [1.165, 1.54) is 24.1 Å². The van der Waals surface area contributed by atoms with Crippen molar-refractivity contribution in [1.82, 2.24) is 5.32 Å². The molecule has 12 heteroatoms. The Kier molecular flexibility index (Phi) is 6.30. The summed E-state index contributed by atoms with van der Waals surface area (Å²) in [6.07, 6.45) is -5.13. The fourth-order valence-electron chi connectivity index (χ4n) is 4.11. The summed E-state index contributed by atoms with van der Waals surface area (Å²) in [6, 6.07) is 9.44. The minimum absolute atomic E-state index is 0.0306. The van der Waals surface area contributed by atoms with Crippen LogP contribution in [0.2, 0.25) is 0 Å². The standard InChI is InChI=1S/C24H21F3N4O4S/c1-23(2)21(33)30(14-5-4-13(11-28)17(8-14)24(25,26)27)22(36)31(23)15-6-7-18-19(9-15)34-12-16(35-18)10-20(32)29-3/h4-9,16H,10,12H2,1-3H3,(H,29,32)/t16-/m1/s1. The first-order valence-electron chi connectivity index (χ1n) is 10.8. The third-order valence-electron chi connectivity index (χ3n) is 5.95. The molecule has 4 rings (SSSR count). The van der Waals surface area contributed by atoms with Crippen LogP contribution in [0.25, 0.3) is 0 Å². The molecule has 1 fully saturated rings. The number of carbonyl (C=O) groups excluding carboxylic acids is 2. The predicted octanol–water partition coefficient (Wildman–Crippen LogP) is 3.77. The second-order valence-corrected chi connectivity index (χ2v) is 9.08. The highest BCUT2D eigenvalue weighted by Crippen LogP contribution is 2.42. The highest BCUT2D eigenvalue weighted by molar-refractivity contribution is 7.81. The van der Waals surface area contributed by atoms with Gasteiger partial charge in [-0.1, -0.05) is 0 Å². The molecule has 2 aliphatic heterocycles. The van der Waals surface area contributed by atoms with Crippen molar-refractivity contribution in [3.63, 3.8) is 0 Å². The Labute approximate surface area is 210 Å². The molecular weight excluding hydrogens is 497 g/mol. The summed E-state index contributed by atoms with van der Waals surface area (Å²) in [6.45, 7) is 3.34. The third-order valence-corrected chi connectivity index (χ3v) is 6.32. The highest BCUT2D eigenvalue weighted by Gasteiger charge is 2.51. The first-order valence-corrected chi connectivity index (χ1v) is 11.2. The summed E-state index contributed by atoms with van der Waals surface area (Å²) >= 11 is 5.55. The van der Waals surface area contributed by atoms with Gasteiger partial charge in [0.2, 0.25) is 5.91 Å². The Morgan fingerprint density at radius 2 is 1.92 bits per heavy atom. The second kappa shape index (κ2) is 8.98. The summed E-state index contributed by atoms with van der Waals surface area (Å²) < 4.78 is 52.2. The lowest BCUT2D eigenvalue weighted by atomic mass is 10.0. The molecule has 36 heavy (non-hydrogen) atoms. The molecule has 0 aromatic heterocycles. The third kappa shape index (κ3) is 4.30. The van der Waals surface area contributed by atoms with Crippen LogP contribution in [0, 0.1) is 11.3 Å². The van der Waals surface area contributed by atoms with E-state index in [0.29, 0.717) is 17.2 Å². The van der Waals surface area contributed by atoms with E-state index in [9.17, 15) is 22.8 Å². The van der Waals surface area contributed by atoms with Gasteiger partial charge >= 0.3 is 6.18 Å². The topological polar surface area (TPSA) is 94.9 Å². The van der Waals surface area contributed by atoms with Crippen LogP contribution in [0.3, 0.4) is 0 Å². The van der Waals surface area contributed by atoms with Crippen molar-refractivity contribution >= 4 is 40.5 Å². The minimum atomic E-state index is -4.79. The van der Waals surface area contributed by atoms with Crippen molar-refractivity contribution in [3.05, 3.63) is 47.5 Å². The number of halogens is 3. The molecule has 0 spiro atoms. The van der Waals surface area contributed by atoms with Crippen LogP contribution in [-0.2, 0) is 15.8 Å². The monoisotopic (exact) mass is 518 g/mol. The maximum absolute atomic E-state index is 13.5. The van der Waals surface area contributed by atoms with E-state index in [0.717, 1.165) is 17.0 Å². The van der Waals surface area contributed by atoms with Crippen LogP contribution in [0.5, 0.6) is 11.5 Å². The van der Waals surface area contributed by atoms with Gasteiger partial charge in [0.1, 0.15) is 18.2 Å². The molecule has 188 valence electrons. The Balaban J connectivity index is 1.67. The van der Waals surface area contributed by atoms with Crippen molar-refractivity contribution in [2.45, 2.75) is 38.1 Å². The Morgan fingerprint density at radius 3 is 2.56 bits per heavy atom. The summed E-state index contributed by atoms with van der Waals surface area (Å²) in [5.74, 6) is 0.0589. The SMILES string of the molecule is CNC(=O)C[C@@H]1COc2cc(N3C(=S)N(c4ccc(C#N)c(C(F)(F)F)c4)C(=O)C3(C)C)ccc2O1. The second-order valence-electron chi connectivity index (χ2n) is 8.72. The molecule has 2 aromatic carbocycles. The van der Waals surface area contributed by atoms with E-state index < -0.39 is 34.9 Å². The Bertz CT molecular complexity index is 1310. The zero-order chi connectivity index (χ0) is 26.4. The van der Waals surface area contributed by atoms with Gasteiger partial charge in [0.15, 0.2) is 16.6 Å². The summed E-state index contributed by atoms with van der Waals surface area (Å²) in [5.41, 5.74) is -2.57. The van der Waals surface area contributed by atoms with Crippen LogP contribution < -0.4 is 24.6 Å². The van der Waals surface area contributed by atoms with E-state index >= 15 is 0 Å². The number of amides is 2. The van der Waals surface area contributed by atoms with Crippen molar-refractivity contribution in [1.29, 1.82) is 5.26 Å². The van der Waals surface area contributed by atoms with E-state index in [4.69, 9.17) is 27.0 Å². The molecule has 2 amide bonds. The van der Waals surface area contributed by atoms with Crippen molar-refractivity contribution < 1.29 is 32.2 Å². The van der Waals surface area contributed by atoms with Crippen molar-refractivity contribution in [3.8, 4) is 17.6 Å². The number of rotatable bonds is 4. The highest BCUT2D eigenvalue weighted by atomic mass is 32.1. The van der Waals surface area contributed by atoms with E-state index in [1.807, 2.05) is 0 Å². The number of thiocarbonyl (C=S) groups is 1. The fourth-order valence-corrected chi connectivity index (χ4v) is 4.63. The lowest BCUT2D eigenvalue weighted by molar-refractivity contribution is -0.137. The number of carbonyl (C=O) groups is 2. The molecule has 0 saturated carbocycles. The van der Waals surface area contributed by atoms with Gasteiger partial charge in [-0.3, -0.25) is 14.5 Å². The molecule has 1 N–H and O–H groups in total. The smallest absolute Gasteiger partial charge is 0.417 e. The molecule has 2 heterocycles. The van der Waals surface area contributed by atoms with Gasteiger partial charge < -0.3 is 19.7 Å². The van der Waals surface area contributed by atoms with Crippen molar-refractivity contribution in [2.75, 3.05) is 23.5 Å². The quantitative estimate of drug-likeness (QED) is 0.616. The van der Waals surface area contributed by atoms with Gasteiger partial charge in [0.25, 0.3) is 5.91 Å². The largest absolute Gasteiger partial charge is 0.486 e. The molecule has 0 aliphatic carbocycles. The zero-order valence-electron chi connectivity index (χ0n) is 19.5. The number of benzene rings is 2. The molecule has 2 aliphatic rings. The van der Waals surface area contributed by atoms with Crippen LogP contribution in [0.4, 0.5) is 24.5 Å². The van der Waals surface area contributed by atoms with E-state index in [2.05, 4.69) is 5.32 Å². The van der Waals surface area contributed by atoms with Crippen LogP contribution in [0.1, 0.15) is 31.4 Å². The van der Waals surface area contributed by atoms with Crippen LogP contribution >= 0.6 is 12.2 Å². The normalized spacial score (nSPS) is 18.8. The average Bonchev–Trinajstić information content (AvgIpc) is 3.01. The van der Waals surface area contributed by atoms with E-state index in [-0.39, 0.29) is 29.7 Å². The molecule has 0 unspecified atom stereocenters. The van der Waals surface area contributed by atoms with Gasteiger partial charge in [-0.05, 0) is 56.4 Å². The van der Waals surface area contributed by atoms with Crippen LogP contribution in [-0.4, -0.2) is 42.2 Å². The van der Waals surface area contributed by atoms with Gasteiger partial charge in [0.05, 0.1) is 29.3 Å². The average molecular weight is 519 g/mol. The van der Waals surface area contributed by atoms with Crippen LogP contribution in [0.15, 0.2) is 36.4 Å². The predicted molar refractivity (Wildman–Crippen MR) is 128 cm³/mol. The molecule has 0 bridgehead atoms. The number of nitrogens with one attached hydrogen (secondary N) is 1. The number of hydrogen-bond donors (Lipinski definition) is 1. The van der Waals surface area contributed by atoms with Gasteiger partial charge in [0, 0.05) is 18.8 Å². The molecule has 0 radical (unpaired) electrons. The molecule has 8 nitrogen and oxygen atoms in total. The maximum Gasteiger partial charge on any atom is 0.417 e. The summed E-state index contributed by atoms with van der Waals surface area (Å²) in [4.78, 5) is 27.5. The number of anilines is 2. The van der Waals surface area contributed by atoms with Gasteiger partial charge in [-0.15, -0.1) is 0 Å². The zero-order valence-corrected chi connectivity index (χ0v) is 20.3. The Morgan fingerprint density at radius 1 is 1.22 bits per heavy atom. The lowest BCUT2D eigenvalue weighted by Crippen LogP contribution is -2.44. The van der Waals surface area contributed by atoms with E-state index in [1.54, 1.807) is 32.0 Å². The Hall–Kier alpha value is -3.85. The fraction of sp³-hybridized carbons (Fsp3) is 0.333. The molecular formula is C24H21F3N4O4S. The molecule has 1 saturated heterocycles. The summed E-state index contributed by atoms with van der Waals surface area (Å²) in [7, 11) is 1.53. The molecule has 1 atom stereocenters. The molecule has 2 aromatic rings. The van der Waals surface area contributed by atoms with Crippen molar-refractivity contribution in [2.24, 2.45) is 0 Å². The number of ether oxygens (including phenoxy) is 2. The number of alkyl halides is 3. The maximum atomic E-state index is 13.5. The first kappa shape index (κ1) is 25.2. The minimum Gasteiger partial charge on any atom is -0.486 e. The number of nitriles is 1. The number of nitrogens with zero attached hydrogens (tertiary/aromatic N) is 3. The number of hydrogen-bond acceptors (Lipinski definition) is 6. The van der Waals surface area contributed by atoms with Gasteiger partial charge in [-0.2, -0.15) is 18.4 Å². The summed E-state index contributed by atoms with van der Waals surface area (Å²) in [5, 5.41) is 11.6. The van der Waals surface area contributed by atoms with Gasteiger partial charge in [-0.25, -0.2) is 0 Å².